The first-order valence-corrected chi connectivity index (χ1v) is 6.94. The molecule has 1 saturated carbocycles. The average Bonchev–Trinajstić information content (AvgIpc) is 3.17. The van der Waals surface area contributed by atoms with Crippen molar-refractivity contribution in [2.24, 2.45) is 5.41 Å². The van der Waals surface area contributed by atoms with Crippen LogP contribution in [0.4, 0.5) is 8.78 Å². The maximum absolute atomic E-state index is 12.4. The maximum Gasteiger partial charge on any atom is 0.387 e. The van der Waals surface area contributed by atoms with Gasteiger partial charge < -0.3 is 15.2 Å². The predicted octanol–water partition coefficient (Wildman–Crippen LogP) is 3.10. The van der Waals surface area contributed by atoms with Gasteiger partial charge in [-0.25, -0.2) is 0 Å². The molecule has 20 heavy (non-hydrogen) atoms. The Kier molecular flexibility index (Phi) is 4.94. The third-order valence-electron chi connectivity index (χ3n) is 3.98. The van der Waals surface area contributed by atoms with Gasteiger partial charge in [0.1, 0.15) is 5.75 Å². The minimum absolute atomic E-state index is 0.0684. The van der Waals surface area contributed by atoms with Crippen molar-refractivity contribution < 1.29 is 18.6 Å². The quantitative estimate of drug-likeness (QED) is 0.771. The van der Waals surface area contributed by atoms with Gasteiger partial charge in [0, 0.05) is 24.8 Å². The second-order valence-electron chi connectivity index (χ2n) is 5.49. The summed E-state index contributed by atoms with van der Waals surface area (Å²) in [6, 6.07) is 6.77. The summed E-state index contributed by atoms with van der Waals surface area (Å²) in [7, 11) is 0. The molecule has 1 aliphatic rings. The van der Waals surface area contributed by atoms with Crippen LogP contribution >= 0.6 is 0 Å². The van der Waals surface area contributed by atoms with Crippen LogP contribution in [-0.2, 0) is 0 Å². The van der Waals surface area contributed by atoms with Gasteiger partial charge in [-0.3, -0.25) is 0 Å². The first kappa shape index (κ1) is 15.2. The topological polar surface area (TPSA) is 41.5 Å². The second kappa shape index (κ2) is 6.50. The molecule has 0 radical (unpaired) electrons. The Morgan fingerprint density at radius 2 is 2.05 bits per heavy atom. The Balaban J connectivity index is 1.96. The number of hydrogen-bond acceptors (Lipinski definition) is 3. The number of rotatable bonds is 8. The molecule has 5 heteroatoms. The van der Waals surface area contributed by atoms with Gasteiger partial charge in [0.2, 0.25) is 0 Å². The monoisotopic (exact) mass is 285 g/mol. The highest BCUT2D eigenvalue weighted by Gasteiger charge is 2.41. The number of aliphatic hydroxyl groups is 1. The summed E-state index contributed by atoms with van der Waals surface area (Å²) in [5.74, 6) is 0.217. The number of hydrogen-bond donors (Lipinski definition) is 2. The first-order chi connectivity index (χ1) is 9.56. The van der Waals surface area contributed by atoms with E-state index in [4.69, 9.17) is 5.11 Å². The number of alkyl halides is 2. The van der Waals surface area contributed by atoms with E-state index in [0.717, 1.165) is 31.4 Å². The van der Waals surface area contributed by atoms with E-state index in [1.165, 1.54) is 0 Å². The molecule has 0 bridgehead atoms. The summed E-state index contributed by atoms with van der Waals surface area (Å²) >= 11 is 0. The number of halogens is 2. The van der Waals surface area contributed by atoms with Gasteiger partial charge in [-0.15, -0.1) is 0 Å². The molecule has 3 nitrogen and oxygen atoms in total. The van der Waals surface area contributed by atoms with Gasteiger partial charge in [-0.2, -0.15) is 8.78 Å². The van der Waals surface area contributed by atoms with Crippen LogP contribution in [0.2, 0.25) is 0 Å². The zero-order valence-electron chi connectivity index (χ0n) is 11.6. The SMILES string of the molecule is CC(NCC1(CCO)CC1)c1ccccc1OC(F)F. The van der Waals surface area contributed by atoms with E-state index in [2.05, 4.69) is 10.1 Å². The number of aliphatic hydroxyl groups excluding tert-OH is 1. The van der Waals surface area contributed by atoms with E-state index in [-0.39, 0.29) is 23.8 Å². The minimum atomic E-state index is -2.81. The molecule has 2 N–H and O–H groups in total. The van der Waals surface area contributed by atoms with Gasteiger partial charge in [0.05, 0.1) is 0 Å². The van der Waals surface area contributed by atoms with E-state index in [9.17, 15) is 8.78 Å². The van der Waals surface area contributed by atoms with Gasteiger partial charge in [-0.1, -0.05) is 18.2 Å². The first-order valence-electron chi connectivity index (χ1n) is 6.94. The molecule has 0 aromatic heterocycles. The van der Waals surface area contributed by atoms with Crippen LogP contribution in [0.3, 0.4) is 0 Å². The molecule has 1 aliphatic carbocycles. The Hall–Kier alpha value is -1.20. The Morgan fingerprint density at radius 1 is 1.35 bits per heavy atom. The zero-order chi connectivity index (χ0) is 14.6. The summed E-state index contributed by atoms with van der Waals surface area (Å²) < 4.78 is 29.3. The lowest BCUT2D eigenvalue weighted by molar-refractivity contribution is -0.0506. The third kappa shape index (κ3) is 3.90. The maximum atomic E-state index is 12.4. The van der Waals surface area contributed by atoms with Crippen molar-refractivity contribution in [1.82, 2.24) is 5.32 Å². The van der Waals surface area contributed by atoms with Crippen molar-refractivity contribution in [3.8, 4) is 5.75 Å². The molecule has 0 saturated heterocycles. The highest BCUT2D eigenvalue weighted by molar-refractivity contribution is 5.35. The number of nitrogens with one attached hydrogen (secondary N) is 1. The Bertz CT molecular complexity index is 436. The van der Waals surface area contributed by atoms with E-state index in [0.29, 0.717) is 0 Å². The number of ether oxygens (including phenoxy) is 1. The van der Waals surface area contributed by atoms with E-state index < -0.39 is 6.61 Å². The van der Waals surface area contributed by atoms with Gasteiger partial charge >= 0.3 is 6.61 Å². The highest BCUT2D eigenvalue weighted by atomic mass is 19.3. The summed E-state index contributed by atoms with van der Waals surface area (Å²) in [6.07, 6.45) is 3.02. The van der Waals surface area contributed by atoms with Crippen LogP contribution in [0.15, 0.2) is 24.3 Å². The lowest BCUT2D eigenvalue weighted by Crippen LogP contribution is -2.27. The highest BCUT2D eigenvalue weighted by Crippen LogP contribution is 2.48. The normalized spacial score (nSPS) is 18.1. The number of para-hydroxylation sites is 1. The number of benzene rings is 1. The fourth-order valence-electron chi connectivity index (χ4n) is 2.45. The van der Waals surface area contributed by atoms with Gasteiger partial charge in [0.15, 0.2) is 0 Å². The molecule has 1 fully saturated rings. The molecule has 0 heterocycles. The minimum Gasteiger partial charge on any atom is -0.434 e. The Morgan fingerprint density at radius 3 is 2.65 bits per heavy atom. The average molecular weight is 285 g/mol. The molecule has 1 atom stereocenters. The molecule has 0 spiro atoms. The lowest BCUT2D eigenvalue weighted by Gasteiger charge is -2.21. The standard InChI is InChI=1S/C15H21F2NO2/c1-11(18-10-15(6-7-15)8-9-19)12-4-2-3-5-13(12)20-14(16)17/h2-5,11,14,18-19H,6-10H2,1H3. The molecule has 2 rings (SSSR count). The fourth-order valence-corrected chi connectivity index (χ4v) is 2.45. The van der Waals surface area contributed by atoms with Crippen LogP contribution in [-0.4, -0.2) is 24.9 Å². The van der Waals surface area contributed by atoms with Crippen LogP contribution in [0.25, 0.3) is 0 Å². The van der Waals surface area contributed by atoms with Crippen LogP contribution in [0.1, 0.15) is 37.8 Å². The Labute approximate surface area is 117 Å². The lowest BCUT2D eigenvalue weighted by atomic mass is 10.0. The van der Waals surface area contributed by atoms with Crippen molar-refractivity contribution in [1.29, 1.82) is 0 Å². The molecule has 0 aliphatic heterocycles. The van der Waals surface area contributed by atoms with Gasteiger partial charge in [0.25, 0.3) is 0 Å². The molecule has 1 aromatic rings. The van der Waals surface area contributed by atoms with Gasteiger partial charge in [-0.05, 0) is 37.7 Å². The molecule has 112 valence electrons. The summed E-state index contributed by atoms with van der Waals surface area (Å²) in [5, 5.41) is 12.4. The smallest absolute Gasteiger partial charge is 0.387 e. The second-order valence-corrected chi connectivity index (χ2v) is 5.49. The predicted molar refractivity (Wildman–Crippen MR) is 72.9 cm³/mol. The van der Waals surface area contributed by atoms with E-state index >= 15 is 0 Å². The molecule has 0 amide bonds. The summed E-state index contributed by atoms with van der Waals surface area (Å²) in [6.45, 7) is 0.106. The van der Waals surface area contributed by atoms with Crippen LogP contribution in [0, 0.1) is 5.41 Å². The van der Waals surface area contributed by atoms with Crippen molar-refractivity contribution in [3.05, 3.63) is 29.8 Å². The molecular weight excluding hydrogens is 264 g/mol. The van der Waals surface area contributed by atoms with Crippen molar-refractivity contribution in [3.63, 3.8) is 0 Å². The van der Waals surface area contributed by atoms with E-state index in [1.807, 2.05) is 13.0 Å². The van der Waals surface area contributed by atoms with Crippen LogP contribution in [0.5, 0.6) is 5.75 Å². The van der Waals surface area contributed by atoms with E-state index in [1.54, 1.807) is 18.2 Å². The third-order valence-corrected chi connectivity index (χ3v) is 3.98. The van der Waals surface area contributed by atoms with Crippen molar-refractivity contribution in [2.45, 2.75) is 38.8 Å². The van der Waals surface area contributed by atoms with Crippen molar-refractivity contribution in [2.75, 3.05) is 13.2 Å². The zero-order valence-corrected chi connectivity index (χ0v) is 11.6. The summed E-state index contributed by atoms with van der Waals surface area (Å²) in [4.78, 5) is 0. The summed E-state index contributed by atoms with van der Waals surface area (Å²) in [5.41, 5.74) is 0.925. The molecule has 1 unspecified atom stereocenters. The molecule has 1 aromatic carbocycles. The fraction of sp³-hybridized carbons (Fsp3) is 0.600. The molecular formula is C15H21F2NO2. The van der Waals surface area contributed by atoms with Crippen LogP contribution < -0.4 is 10.1 Å². The largest absolute Gasteiger partial charge is 0.434 e. The van der Waals surface area contributed by atoms with Crippen molar-refractivity contribution >= 4 is 0 Å².